The average molecular weight is 438 g/mol. The molecule has 1 aliphatic carbocycles. The number of hydrogen-bond acceptors (Lipinski definition) is 5. The van der Waals surface area contributed by atoms with E-state index in [2.05, 4.69) is 26.1 Å². The largest absolute Gasteiger partial charge is 0.454 e. The van der Waals surface area contributed by atoms with E-state index in [9.17, 15) is 19.2 Å². The maximum Gasteiger partial charge on any atom is 0.326 e. The molecule has 1 heterocycles. The van der Waals surface area contributed by atoms with E-state index in [-0.39, 0.29) is 23.1 Å². The van der Waals surface area contributed by atoms with Gasteiger partial charge in [0.25, 0.3) is 11.8 Å². The van der Waals surface area contributed by atoms with Crippen molar-refractivity contribution >= 4 is 23.8 Å². The van der Waals surface area contributed by atoms with Crippen LogP contribution in [0.15, 0.2) is 0 Å². The van der Waals surface area contributed by atoms with Crippen molar-refractivity contribution in [1.82, 2.24) is 15.1 Å². The first-order valence-corrected chi connectivity index (χ1v) is 11.3. The number of hydrogen-bond donors (Lipinski definition) is 1. The highest BCUT2D eigenvalue weighted by atomic mass is 16.5. The van der Waals surface area contributed by atoms with Crippen LogP contribution >= 0.6 is 0 Å². The summed E-state index contributed by atoms with van der Waals surface area (Å²) in [7, 11) is 0. The van der Waals surface area contributed by atoms with E-state index >= 15 is 0 Å². The third-order valence-electron chi connectivity index (χ3n) is 5.79. The van der Waals surface area contributed by atoms with Crippen LogP contribution in [0, 0.1) is 23.2 Å². The number of amides is 4. The lowest BCUT2D eigenvalue weighted by atomic mass is 9.64. The van der Waals surface area contributed by atoms with Crippen molar-refractivity contribution in [2.45, 2.75) is 73.3 Å². The van der Waals surface area contributed by atoms with Crippen LogP contribution in [0.2, 0.25) is 0 Å². The molecule has 0 radical (unpaired) electrons. The van der Waals surface area contributed by atoms with Gasteiger partial charge >= 0.3 is 12.0 Å². The van der Waals surface area contributed by atoms with Crippen LogP contribution in [0.25, 0.3) is 0 Å². The molecule has 4 amide bonds. The molecular weight excluding hydrogens is 398 g/mol. The Morgan fingerprint density at radius 1 is 1.13 bits per heavy atom. The first-order chi connectivity index (χ1) is 14.2. The van der Waals surface area contributed by atoms with Crippen LogP contribution in [0.1, 0.15) is 67.7 Å². The second-order valence-electron chi connectivity index (χ2n) is 11.0. The fourth-order valence-corrected chi connectivity index (χ4v) is 5.22. The minimum absolute atomic E-state index is 0.0835. The van der Waals surface area contributed by atoms with E-state index in [0.29, 0.717) is 37.8 Å². The van der Waals surface area contributed by atoms with Crippen molar-refractivity contribution in [2.24, 2.45) is 23.2 Å². The van der Waals surface area contributed by atoms with Crippen LogP contribution in [0.3, 0.4) is 0 Å². The van der Waals surface area contributed by atoms with Gasteiger partial charge in [-0.15, -0.1) is 0 Å². The van der Waals surface area contributed by atoms with E-state index < -0.39 is 30.7 Å². The highest BCUT2D eigenvalue weighted by Crippen LogP contribution is 2.46. The molecule has 0 aromatic carbocycles. The molecule has 1 saturated heterocycles. The molecular formula is C23H39N3O5. The normalized spacial score (nSPS) is 25.3. The minimum Gasteiger partial charge on any atom is -0.454 e. The predicted octanol–water partition coefficient (Wildman–Crippen LogP) is 2.81. The Morgan fingerprint density at radius 2 is 1.71 bits per heavy atom. The van der Waals surface area contributed by atoms with Crippen molar-refractivity contribution in [3.05, 3.63) is 0 Å². The molecule has 2 rings (SSSR count). The van der Waals surface area contributed by atoms with E-state index in [1.807, 2.05) is 27.7 Å². The number of imide groups is 1. The van der Waals surface area contributed by atoms with Crippen LogP contribution in [-0.2, 0) is 19.1 Å². The SMILES string of the molecule is CC(C)CN(CC(C)C)C(=O)COC(=O)CN1C(=O)NC2(CC(C)CC(C)(C)C2)C1=O. The summed E-state index contributed by atoms with van der Waals surface area (Å²) < 4.78 is 5.14. The Labute approximate surface area is 186 Å². The number of rotatable bonds is 8. The molecule has 8 heteroatoms. The lowest BCUT2D eigenvalue weighted by Crippen LogP contribution is -2.54. The first-order valence-electron chi connectivity index (χ1n) is 11.3. The Balaban J connectivity index is 1.97. The van der Waals surface area contributed by atoms with Gasteiger partial charge < -0.3 is 15.0 Å². The van der Waals surface area contributed by atoms with Gasteiger partial charge in [0.2, 0.25) is 0 Å². The monoisotopic (exact) mass is 437 g/mol. The summed E-state index contributed by atoms with van der Waals surface area (Å²) in [6.07, 6.45) is 2.08. The van der Waals surface area contributed by atoms with E-state index in [0.717, 1.165) is 11.3 Å². The van der Waals surface area contributed by atoms with Gasteiger partial charge in [-0.25, -0.2) is 4.79 Å². The number of esters is 1. The molecule has 0 aromatic heterocycles. The minimum atomic E-state index is -0.959. The van der Waals surface area contributed by atoms with Gasteiger partial charge in [0.1, 0.15) is 12.1 Å². The fraction of sp³-hybridized carbons (Fsp3) is 0.826. The van der Waals surface area contributed by atoms with Gasteiger partial charge in [0, 0.05) is 13.1 Å². The summed E-state index contributed by atoms with van der Waals surface area (Å²) in [5.41, 5.74) is -1.04. The van der Waals surface area contributed by atoms with Crippen LogP contribution in [0.5, 0.6) is 0 Å². The molecule has 2 aliphatic rings. The molecule has 2 atom stereocenters. The summed E-state index contributed by atoms with van der Waals surface area (Å²) in [5, 5.41) is 2.84. The molecule has 2 fully saturated rings. The van der Waals surface area contributed by atoms with Gasteiger partial charge in [0.15, 0.2) is 6.61 Å². The highest BCUT2D eigenvalue weighted by molar-refractivity contribution is 6.08. The van der Waals surface area contributed by atoms with Gasteiger partial charge in [-0.1, -0.05) is 48.5 Å². The van der Waals surface area contributed by atoms with Crippen LogP contribution in [-0.4, -0.2) is 65.4 Å². The Hall–Kier alpha value is -2.12. The van der Waals surface area contributed by atoms with Gasteiger partial charge in [-0.3, -0.25) is 19.3 Å². The average Bonchev–Trinajstić information content (AvgIpc) is 2.79. The molecule has 8 nitrogen and oxygen atoms in total. The van der Waals surface area contributed by atoms with E-state index in [1.54, 1.807) is 4.90 Å². The van der Waals surface area contributed by atoms with Gasteiger partial charge in [-0.05, 0) is 42.4 Å². The fourth-order valence-electron chi connectivity index (χ4n) is 5.22. The van der Waals surface area contributed by atoms with Gasteiger partial charge in [-0.2, -0.15) is 0 Å². The third-order valence-corrected chi connectivity index (χ3v) is 5.79. The van der Waals surface area contributed by atoms with Crippen LogP contribution in [0.4, 0.5) is 4.79 Å². The van der Waals surface area contributed by atoms with Crippen molar-refractivity contribution in [3.63, 3.8) is 0 Å². The Kier molecular flexibility index (Phi) is 7.76. The number of nitrogens with zero attached hydrogens (tertiary/aromatic N) is 2. The molecule has 1 N–H and O–H groups in total. The second-order valence-corrected chi connectivity index (χ2v) is 11.0. The molecule has 1 saturated carbocycles. The predicted molar refractivity (Wildman–Crippen MR) is 117 cm³/mol. The summed E-state index contributed by atoms with van der Waals surface area (Å²) in [4.78, 5) is 53.1. The van der Waals surface area contributed by atoms with Crippen molar-refractivity contribution < 1.29 is 23.9 Å². The van der Waals surface area contributed by atoms with Crippen LogP contribution < -0.4 is 5.32 Å². The molecule has 0 aromatic rings. The lowest BCUT2D eigenvalue weighted by Gasteiger charge is -2.43. The standard InChI is InChI=1S/C23H39N3O5/c1-15(2)10-25(11-16(3)4)18(27)13-31-19(28)12-26-20(29)23(24-21(26)30)9-17(5)8-22(6,7)14-23/h15-17H,8-14H2,1-7H3,(H,24,30). The van der Waals surface area contributed by atoms with Gasteiger partial charge in [0.05, 0.1) is 0 Å². The Bertz CT molecular complexity index is 708. The van der Waals surface area contributed by atoms with E-state index in [4.69, 9.17) is 4.74 Å². The molecule has 0 bridgehead atoms. The summed E-state index contributed by atoms with van der Waals surface area (Å²) in [6, 6.07) is -0.570. The zero-order valence-electron chi connectivity index (χ0n) is 20.1. The molecule has 2 unspecified atom stereocenters. The Morgan fingerprint density at radius 3 is 2.23 bits per heavy atom. The maximum atomic E-state index is 13.1. The quantitative estimate of drug-likeness (QED) is 0.465. The summed E-state index contributed by atoms with van der Waals surface area (Å²) in [5.74, 6) is -0.532. The van der Waals surface area contributed by atoms with Crippen molar-refractivity contribution in [2.75, 3.05) is 26.2 Å². The molecule has 1 spiro atoms. The molecule has 176 valence electrons. The highest BCUT2D eigenvalue weighted by Gasteiger charge is 2.56. The summed E-state index contributed by atoms with van der Waals surface area (Å²) in [6.45, 7) is 14.6. The number of ether oxygens (including phenoxy) is 1. The first kappa shape index (κ1) is 25.1. The molecule has 1 aliphatic heterocycles. The number of nitrogens with one attached hydrogen (secondary N) is 1. The smallest absolute Gasteiger partial charge is 0.326 e. The van der Waals surface area contributed by atoms with E-state index in [1.165, 1.54) is 0 Å². The topological polar surface area (TPSA) is 96.0 Å². The van der Waals surface area contributed by atoms with Crippen molar-refractivity contribution in [1.29, 1.82) is 0 Å². The number of carbonyl (C=O) groups excluding carboxylic acids is 4. The van der Waals surface area contributed by atoms with Crippen molar-refractivity contribution in [3.8, 4) is 0 Å². The molecule has 31 heavy (non-hydrogen) atoms. The zero-order chi connectivity index (χ0) is 23.6. The number of carbonyl (C=O) groups is 4. The lowest BCUT2D eigenvalue weighted by molar-refractivity contribution is -0.154. The third kappa shape index (κ3) is 6.43. The second kappa shape index (κ2) is 9.57. The summed E-state index contributed by atoms with van der Waals surface area (Å²) >= 11 is 0. The number of urea groups is 1. The maximum absolute atomic E-state index is 13.1. The zero-order valence-corrected chi connectivity index (χ0v) is 20.1.